The Kier molecular flexibility index (Phi) is 6.39. The number of nitrogens with zero attached hydrogens (tertiary/aromatic N) is 3. The molecular formula is C24H27FN4O3. The monoisotopic (exact) mass is 438 g/mol. The molecule has 2 heterocycles. The van der Waals surface area contributed by atoms with E-state index < -0.39 is 23.8 Å². The van der Waals surface area contributed by atoms with Crippen LogP contribution in [0.3, 0.4) is 0 Å². The van der Waals surface area contributed by atoms with Gasteiger partial charge < -0.3 is 14.5 Å². The van der Waals surface area contributed by atoms with Gasteiger partial charge in [-0.25, -0.2) is 9.38 Å². The summed E-state index contributed by atoms with van der Waals surface area (Å²) in [4.78, 5) is 34.6. The third-order valence-corrected chi connectivity index (χ3v) is 5.79. The van der Waals surface area contributed by atoms with Gasteiger partial charge in [-0.3, -0.25) is 14.9 Å². The highest BCUT2D eigenvalue weighted by Gasteiger charge is 2.42. The van der Waals surface area contributed by atoms with Gasteiger partial charge in [0.05, 0.1) is 6.61 Å². The molecule has 0 spiro atoms. The van der Waals surface area contributed by atoms with Gasteiger partial charge in [-0.15, -0.1) is 0 Å². The van der Waals surface area contributed by atoms with Crippen LogP contribution < -0.4 is 10.2 Å². The summed E-state index contributed by atoms with van der Waals surface area (Å²) in [6.07, 6.45) is 0. The smallest absolute Gasteiger partial charge is 0.321 e. The molecule has 2 atom stereocenters. The highest BCUT2D eigenvalue weighted by Crippen LogP contribution is 2.31. The molecule has 0 saturated carbocycles. The van der Waals surface area contributed by atoms with Crippen LogP contribution in [-0.2, 0) is 14.3 Å². The number of nitrogens with one attached hydrogen (secondary N) is 1. The molecule has 0 aliphatic carbocycles. The number of carbonyl (C=O) groups excluding carboxylic acids is 2. The van der Waals surface area contributed by atoms with E-state index in [4.69, 9.17) is 9.73 Å². The Morgan fingerprint density at radius 3 is 2.47 bits per heavy atom. The molecular weight excluding hydrogens is 411 g/mol. The molecule has 0 aromatic heterocycles. The molecule has 2 aliphatic rings. The van der Waals surface area contributed by atoms with Crippen molar-refractivity contribution in [3.8, 4) is 0 Å². The Labute approximate surface area is 186 Å². The number of amides is 1. The fourth-order valence-corrected chi connectivity index (χ4v) is 4.15. The van der Waals surface area contributed by atoms with Gasteiger partial charge in [0, 0.05) is 31.9 Å². The Hall–Kier alpha value is -3.42. The van der Waals surface area contributed by atoms with Gasteiger partial charge in [0.25, 0.3) is 0 Å². The molecule has 4 rings (SSSR count). The first-order chi connectivity index (χ1) is 15.5. The summed E-state index contributed by atoms with van der Waals surface area (Å²) >= 11 is 0. The number of anilines is 1. The lowest BCUT2D eigenvalue weighted by atomic mass is 9.90. The van der Waals surface area contributed by atoms with Crippen molar-refractivity contribution in [1.82, 2.24) is 10.2 Å². The van der Waals surface area contributed by atoms with Crippen LogP contribution in [0.2, 0.25) is 0 Å². The number of aliphatic imine (C=N–C) groups is 1. The molecule has 0 radical (unpaired) electrons. The molecule has 8 heteroatoms. The largest absolute Gasteiger partial charge is 0.465 e. The zero-order chi connectivity index (χ0) is 22.7. The topological polar surface area (TPSA) is 74.2 Å². The van der Waals surface area contributed by atoms with Crippen molar-refractivity contribution in [2.45, 2.75) is 19.9 Å². The van der Waals surface area contributed by atoms with Crippen molar-refractivity contribution in [3.05, 3.63) is 65.5 Å². The second-order valence-electron chi connectivity index (χ2n) is 7.98. The van der Waals surface area contributed by atoms with E-state index >= 15 is 0 Å². The van der Waals surface area contributed by atoms with Crippen LogP contribution in [0.15, 0.2) is 53.5 Å². The van der Waals surface area contributed by atoms with Gasteiger partial charge in [-0.05, 0) is 43.7 Å². The Morgan fingerprint density at radius 2 is 1.81 bits per heavy atom. The van der Waals surface area contributed by atoms with Gasteiger partial charge >= 0.3 is 5.97 Å². The fourth-order valence-electron chi connectivity index (χ4n) is 4.15. The van der Waals surface area contributed by atoms with E-state index in [0.29, 0.717) is 32.1 Å². The van der Waals surface area contributed by atoms with E-state index in [1.807, 2.05) is 36.1 Å². The van der Waals surface area contributed by atoms with Crippen molar-refractivity contribution >= 4 is 23.5 Å². The quantitative estimate of drug-likeness (QED) is 0.587. The average Bonchev–Trinajstić information content (AvgIpc) is 2.79. The second kappa shape index (κ2) is 9.38. The van der Waals surface area contributed by atoms with Crippen molar-refractivity contribution in [2.75, 3.05) is 37.7 Å². The van der Waals surface area contributed by atoms with Crippen LogP contribution in [0, 0.1) is 18.7 Å². The number of esters is 1. The van der Waals surface area contributed by atoms with E-state index in [9.17, 15) is 14.0 Å². The molecule has 2 unspecified atom stereocenters. The summed E-state index contributed by atoms with van der Waals surface area (Å²) in [5.74, 6) is -1.78. The molecule has 1 N–H and O–H groups in total. The molecule has 1 saturated heterocycles. The SMILES string of the molecule is CCOC(=O)C1C(=O)NC(N2CCN(c3ccc(F)cc3)CC2)=NC1c1cccc(C)c1. The zero-order valence-electron chi connectivity index (χ0n) is 18.3. The number of guanidine groups is 1. The molecule has 0 bridgehead atoms. The van der Waals surface area contributed by atoms with Crippen LogP contribution in [0.4, 0.5) is 10.1 Å². The lowest BCUT2D eigenvalue weighted by molar-refractivity contribution is -0.153. The Bertz CT molecular complexity index is 1020. The Balaban J connectivity index is 1.56. The summed E-state index contributed by atoms with van der Waals surface area (Å²) in [6.45, 7) is 6.57. The normalized spacial score (nSPS) is 21.1. The molecule has 2 aromatic carbocycles. The molecule has 1 amide bonds. The number of carbonyl (C=O) groups is 2. The van der Waals surface area contributed by atoms with Crippen LogP contribution in [0.5, 0.6) is 0 Å². The minimum Gasteiger partial charge on any atom is -0.465 e. The van der Waals surface area contributed by atoms with Crippen molar-refractivity contribution < 1.29 is 18.7 Å². The minimum absolute atomic E-state index is 0.199. The molecule has 32 heavy (non-hydrogen) atoms. The third kappa shape index (κ3) is 4.59. The highest BCUT2D eigenvalue weighted by atomic mass is 19.1. The number of piperazine rings is 1. The summed E-state index contributed by atoms with van der Waals surface area (Å²) in [5, 5.41) is 2.82. The van der Waals surface area contributed by atoms with Crippen LogP contribution >= 0.6 is 0 Å². The number of benzene rings is 2. The van der Waals surface area contributed by atoms with Crippen molar-refractivity contribution in [2.24, 2.45) is 10.9 Å². The van der Waals surface area contributed by atoms with Gasteiger partial charge in [0.15, 0.2) is 5.92 Å². The second-order valence-corrected chi connectivity index (χ2v) is 7.98. The first-order valence-corrected chi connectivity index (χ1v) is 10.8. The van der Waals surface area contributed by atoms with E-state index in [2.05, 4.69) is 10.2 Å². The molecule has 168 valence electrons. The lowest BCUT2D eigenvalue weighted by Gasteiger charge is -2.39. The maximum atomic E-state index is 13.2. The number of rotatable bonds is 4. The Morgan fingerprint density at radius 1 is 1.12 bits per heavy atom. The predicted octanol–water partition coefficient (Wildman–Crippen LogP) is 2.66. The standard InChI is InChI=1S/C24H27FN4O3/c1-3-32-23(31)20-21(17-6-4-5-16(2)15-17)26-24(27-22(20)30)29-13-11-28(12-14-29)19-9-7-18(25)8-10-19/h4-10,15,20-21H,3,11-14H2,1-2H3,(H,26,27,30). The summed E-state index contributed by atoms with van der Waals surface area (Å²) in [6, 6.07) is 13.5. The van der Waals surface area contributed by atoms with Crippen LogP contribution in [0.1, 0.15) is 24.1 Å². The first kappa shape index (κ1) is 21.8. The van der Waals surface area contributed by atoms with Gasteiger partial charge in [0.1, 0.15) is 11.9 Å². The van der Waals surface area contributed by atoms with E-state index in [1.54, 1.807) is 19.1 Å². The molecule has 2 aliphatic heterocycles. The zero-order valence-corrected chi connectivity index (χ0v) is 18.3. The number of halogens is 1. The van der Waals surface area contributed by atoms with Gasteiger partial charge in [-0.1, -0.05) is 29.8 Å². The van der Waals surface area contributed by atoms with E-state index in [1.165, 1.54) is 12.1 Å². The highest BCUT2D eigenvalue weighted by molar-refractivity contribution is 6.08. The number of hydrogen-bond donors (Lipinski definition) is 1. The number of hydrogen-bond acceptors (Lipinski definition) is 6. The van der Waals surface area contributed by atoms with Gasteiger partial charge in [-0.2, -0.15) is 0 Å². The average molecular weight is 439 g/mol. The molecule has 2 aromatic rings. The third-order valence-electron chi connectivity index (χ3n) is 5.79. The van der Waals surface area contributed by atoms with E-state index in [0.717, 1.165) is 16.8 Å². The number of aryl methyl sites for hydroxylation is 1. The summed E-state index contributed by atoms with van der Waals surface area (Å²) in [7, 11) is 0. The molecule has 7 nitrogen and oxygen atoms in total. The van der Waals surface area contributed by atoms with Crippen LogP contribution in [0.25, 0.3) is 0 Å². The van der Waals surface area contributed by atoms with Crippen molar-refractivity contribution in [1.29, 1.82) is 0 Å². The molecule has 1 fully saturated rings. The number of ether oxygens (including phenoxy) is 1. The maximum Gasteiger partial charge on any atom is 0.321 e. The predicted molar refractivity (Wildman–Crippen MR) is 120 cm³/mol. The lowest BCUT2D eigenvalue weighted by Crippen LogP contribution is -2.57. The van der Waals surface area contributed by atoms with Gasteiger partial charge in [0.2, 0.25) is 11.9 Å². The fraction of sp³-hybridized carbons (Fsp3) is 0.375. The summed E-state index contributed by atoms with van der Waals surface area (Å²) in [5.41, 5.74) is 2.79. The maximum absolute atomic E-state index is 13.2. The van der Waals surface area contributed by atoms with Crippen LogP contribution in [-0.4, -0.2) is 55.5 Å². The first-order valence-electron chi connectivity index (χ1n) is 10.8. The summed E-state index contributed by atoms with van der Waals surface area (Å²) < 4.78 is 18.4. The van der Waals surface area contributed by atoms with Crippen molar-refractivity contribution in [3.63, 3.8) is 0 Å². The minimum atomic E-state index is -1.03. The van der Waals surface area contributed by atoms with E-state index in [-0.39, 0.29) is 12.4 Å².